The second-order valence-electron chi connectivity index (χ2n) is 8.87. The monoisotopic (exact) mass is 532 g/mol. The van der Waals surface area contributed by atoms with Crippen LogP contribution in [0.5, 0.6) is 5.75 Å². The number of hydrogen-bond acceptors (Lipinski definition) is 6. The maximum Gasteiger partial charge on any atom is 0.220 e. The molecule has 3 aromatic rings. The summed E-state index contributed by atoms with van der Waals surface area (Å²) in [7, 11) is 0. The standard InChI is InChI=1S/C26H30Cl2N4O2S/c1-17-13-19(23-16-35-26(29)31-23)5-7-24(17)34-12-2-3-25(33)30-20-8-10-32(11-9-20)15-18-4-6-21(27)22(28)14-18/h4-7,13-14,16,20H,2-3,8-12,15H2,1H3,(H2,29,31)(H,30,33). The Morgan fingerprint density at radius 3 is 2.69 bits per heavy atom. The van der Waals surface area contributed by atoms with E-state index in [0.717, 1.165) is 60.6 Å². The fraction of sp³-hybridized carbons (Fsp3) is 0.385. The average molecular weight is 534 g/mol. The van der Waals surface area contributed by atoms with Crippen LogP contribution in [0.4, 0.5) is 5.13 Å². The van der Waals surface area contributed by atoms with Gasteiger partial charge in [0.25, 0.3) is 0 Å². The number of thiazole rings is 1. The van der Waals surface area contributed by atoms with E-state index in [1.165, 1.54) is 11.3 Å². The molecular weight excluding hydrogens is 503 g/mol. The maximum absolute atomic E-state index is 12.4. The number of benzene rings is 2. The summed E-state index contributed by atoms with van der Waals surface area (Å²) in [6.07, 6.45) is 3.02. The molecule has 0 unspecified atom stereocenters. The summed E-state index contributed by atoms with van der Waals surface area (Å²) in [5, 5.41) is 6.85. The van der Waals surface area contributed by atoms with E-state index in [9.17, 15) is 4.79 Å². The average Bonchev–Trinajstić information content (AvgIpc) is 3.27. The lowest BCUT2D eigenvalue weighted by Crippen LogP contribution is -2.44. The molecule has 1 amide bonds. The summed E-state index contributed by atoms with van der Waals surface area (Å²) in [4.78, 5) is 19.1. The number of carbonyl (C=O) groups is 1. The Morgan fingerprint density at radius 2 is 2.00 bits per heavy atom. The highest BCUT2D eigenvalue weighted by Gasteiger charge is 2.21. The van der Waals surface area contributed by atoms with Crippen LogP contribution in [0, 0.1) is 6.92 Å². The molecule has 3 N–H and O–H groups in total. The second-order valence-corrected chi connectivity index (χ2v) is 10.6. The number of halogens is 2. The van der Waals surface area contributed by atoms with Gasteiger partial charge >= 0.3 is 0 Å². The Bertz CT molecular complexity index is 1160. The molecule has 1 fully saturated rings. The summed E-state index contributed by atoms with van der Waals surface area (Å²) < 4.78 is 5.91. The minimum Gasteiger partial charge on any atom is -0.493 e. The van der Waals surface area contributed by atoms with Crippen LogP contribution in [0.2, 0.25) is 10.0 Å². The summed E-state index contributed by atoms with van der Waals surface area (Å²) in [5.74, 6) is 0.913. The lowest BCUT2D eigenvalue weighted by Gasteiger charge is -2.32. The van der Waals surface area contributed by atoms with Gasteiger partial charge in [-0.05, 0) is 67.6 Å². The van der Waals surface area contributed by atoms with Crippen LogP contribution in [0.15, 0.2) is 41.8 Å². The van der Waals surface area contributed by atoms with Gasteiger partial charge in [0.2, 0.25) is 5.91 Å². The number of ether oxygens (including phenoxy) is 1. The van der Waals surface area contributed by atoms with E-state index in [1.54, 1.807) is 0 Å². The van der Waals surface area contributed by atoms with Crippen molar-refractivity contribution < 1.29 is 9.53 Å². The highest BCUT2D eigenvalue weighted by molar-refractivity contribution is 7.13. The predicted molar refractivity (Wildman–Crippen MR) is 144 cm³/mol. The van der Waals surface area contributed by atoms with Gasteiger partial charge < -0.3 is 15.8 Å². The molecular formula is C26H30Cl2N4O2S. The molecule has 0 atom stereocenters. The first-order chi connectivity index (χ1) is 16.9. The molecule has 1 aromatic heterocycles. The highest BCUT2D eigenvalue weighted by atomic mass is 35.5. The lowest BCUT2D eigenvalue weighted by molar-refractivity contribution is -0.122. The van der Waals surface area contributed by atoms with Crippen molar-refractivity contribution in [3.63, 3.8) is 0 Å². The molecule has 0 bridgehead atoms. The van der Waals surface area contributed by atoms with Crippen molar-refractivity contribution in [2.75, 3.05) is 25.4 Å². The number of piperidine rings is 1. The zero-order chi connectivity index (χ0) is 24.8. The minimum absolute atomic E-state index is 0.0877. The van der Waals surface area contributed by atoms with Gasteiger partial charge in [0.05, 0.1) is 22.3 Å². The van der Waals surface area contributed by atoms with E-state index < -0.39 is 0 Å². The molecule has 0 aliphatic carbocycles. The van der Waals surface area contributed by atoms with Crippen molar-refractivity contribution in [1.29, 1.82) is 0 Å². The van der Waals surface area contributed by atoms with Crippen molar-refractivity contribution in [3.8, 4) is 17.0 Å². The number of nitrogen functional groups attached to an aromatic ring is 1. The van der Waals surface area contributed by atoms with Crippen LogP contribution in [-0.4, -0.2) is 41.5 Å². The number of hydrogen-bond donors (Lipinski definition) is 2. The van der Waals surface area contributed by atoms with Crippen LogP contribution >= 0.6 is 34.5 Å². The molecule has 1 aliphatic heterocycles. The third-order valence-electron chi connectivity index (χ3n) is 6.14. The van der Waals surface area contributed by atoms with Crippen molar-refractivity contribution >= 4 is 45.6 Å². The number of anilines is 1. The van der Waals surface area contributed by atoms with Crippen molar-refractivity contribution in [1.82, 2.24) is 15.2 Å². The first-order valence-corrected chi connectivity index (χ1v) is 13.4. The third kappa shape index (κ3) is 7.34. The van der Waals surface area contributed by atoms with Gasteiger partial charge in [-0.3, -0.25) is 9.69 Å². The fourth-order valence-corrected chi connectivity index (χ4v) is 5.13. The van der Waals surface area contributed by atoms with E-state index in [1.807, 2.05) is 48.7 Å². The van der Waals surface area contributed by atoms with Gasteiger partial charge in [-0.15, -0.1) is 11.3 Å². The highest BCUT2D eigenvalue weighted by Crippen LogP contribution is 2.28. The Hall–Kier alpha value is -2.32. The van der Waals surface area contributed by atoms with Crippen LogP contribution in [0.3, 0.4) is 0 Å². The Labute approximate surface area is 220 Å². The fourth-order valence-electron chi connectivity index (χ4n) is 4.24. The number of carbonyl (C=O) groups excluding carboxylic acids is 1. The number of rotatable bonds is 9. The van der Waals surface area contributed by atoms with E-state index in [2.05, 4.69) is 15.2 Å². The van der Waals surface area contributed by atoms with Crippen molar-refractivity contribution in [2.45, 2.75) is 45.2 Å². The van der Waals surface area contributed by atoms with Crippen LogP contribution in [0.25, 0.3) is 11.3 Å². The summed E-state index contributed by atoms with van der Waals surface area (Å²) in [6, 6.07) is 12.0. The Morgan fingerprint density at radius 1 is 1.20 bits per heavy atom. The zero-order valence-electron chi connectivity index (χ0n) is 19.7. The largest absolute Gasteiger partial charge is 0.493 e. The summed E-state index contributed by atoms with van der Waals surface area (Å²) in [5.41, 5.74) is 9.81. The molecule has 1 saturated heterocycles. The maximum atomic E-state index is 12.4. The number of nitrogens with one attached hydrogen (secondary N) is 1. The van der Waals surface area contributed by atoms with Gasteiger partial charge in [0.1, 0.15) is 5.75 Å². The topological polar surface area (TPSA) is 80.5 Å². The van der Waals surface area contributed by atoms with Gasteiger partial charge in [-0.1, -0.05) is 29.3 Å². The quantitative estimate of drug-likeness (QED) is 0.333. The number of nitrogens with zero attached hydrogens (tertiary/aromatic N) is 2. The molecule has 6 nitrogen and oxygen atoms in total. The van der Waals surface area contributed by atoms with Gasteiger partial charge in [-0.25, -0.2) is 4.98 Å². The van der Waals surface area contributed by atoms with E-state index in [4.69, 9.17) is 33.7 Å². The molecule has 0 radical (unpaired) electrons. The lowest BCUT2D eigenvalue weighted by atomic mass is 10.0. The zero-order valence-corrected chi connectivity index (χ0v) is 22.1. The molecule has 0 spiro atoms. The number of amides is 1. The number of aromatic nitrogens is 1. The van der Waals surface area contributed by atoms with Gasteiger partial charge in [0.15, 0.2) is 5.13 Å². The first kappa shape index (κ1) is 25.8. The number of likely N-dealkylation sites (tertiary alicyclic amines) is 1. The Kier molecular flexibility index (Phi) is 8.89. The minimum atomic E-state index is 0.0877. The van der Waals surface area contributed by atoms with Crippen LogP contribution < -0.4 is 15.8 Å². The van der Waals surface area contributed by atoms with Crippen molar-refractivity contribution in [3.05, 3.63) is 63.0 Å². The van der Waals surface area contributed by atoms with Crippen molar-refractivity contribution in [2.24, 2.45) is 0 Å². The predicted octanol–water partition coefficient (Wildman–Crippen LogP) is 5.95. The van der Waals surface area contributed by atoms with E-state index in [0.29, 0.717) is 34.6 Å². The summed E-state index contributed by atoms with van der Waals surface area (Å²) in [6.45, 7) is 5.23. The van der Waals surface area contributed by atoms with Gasteiger partial charge in [-0.2, -0.15) is 0 Å². The molecule has 2 heterocycles. The van der Waals surface area contributed by atoms with Crippen LogP contribution in [-0.2, 0) is 11.3 Å². The molecule has 1 aliphatic rings. The number of aryl methyl sites for hydroxylation is 1. The van der Waals surface area contributed by atoms with E-state index >= 15 is 0 Å². The van der Waals surface area contributed by atoms with Gasteiger partial charge in [0, 0.05) is 43.0 Å². The molecule has 186 valence electrons. The summed E-state index contributed by atoms with van der Waals surface area (Å²) >= 11 is 13.6. The molecule has 2 aromatic carbocycles. The normalized spacial score (nSPS) is 14.7. The van der Waals surface area contributed by atoms with E-state index in [-0.39, 0.29) is 11.9 Å². The number of nitrogens with two attached hydrogens (primary N) is 1. The third-order valence-corrected chi connectivity index (χ3v) is 7.55. The molecule has 4 rings (SSSR count). The molecule has 0 saturated carbocycles. The molecule has 9 heteroatoms. The first-order valence-electron chi connectivity index (χ1n) is 11.8. The second kappa shape index (κ2) is 12.1. The molecule has 35 heavy (non-hydrogen) atoms. The SMILES string of the molecule is Cc1cc(-c2csc(N)n2)ccc1OCCCC(=O)NC1CCN(Cc2ccc(Cl)c(Cl)c2)CC1. The smallest absolute Gasteiger partial charge is 0.220 e. The van der Waals surface area contributed by atoms with Crippen LogP contribution in [0.1, 0.15) is 36.8 Å². The Balaban J connectivity index is 1.14.